The number of aromatic nitrogens is 1. The van der Waals surface area contributed by atoms with Gasteiger partial charge >= 0.3 is 0 Å². The highest BCUT2D eigenvalue weighted by molar-refractivity contribution is 7.10. The Balaban J connectivity index is 1.89. The quantitative estimate of drug-likeness (QED) is 0.921. The monoisotopic (exact) mass is 321 g/mol. The molecule has 2 N–H and O–H groups in total. The summed E-state index contributed by atoms with van der Waals surface area (Å²) in [6, 6.07) is 4.05. The zero-order valence-corrected chi connectivity index (χ0v) is 13.8. The predicted molar refractivity (Wildman–Crippen MR) is 88.1 cm³/mol. The van der Waals surface area contributed by atoms with Gasteiger partial charge in [-0.2, -0.15) is 0 Å². The van der Waals surface area contributed by atoms with E-state index in [0.29, 0.717) is 6.54 Å². The van der Waals surface area contributed by atoms with Crippen molar-refractivity contribution >= 4 is 34.4 Å². The van der Waals surface area contributed by atoms with Crippen LogP contribution in [0.1, 0.15) is 23.2 Å². The lowest BCUT2D eigenvalue weighted by atomic mass is 9.99. The largest absolute Gasteiger partial charge is 0.330 e. The number of likely N-dealkylation sites (N-methyl/N-ethyl adjacent to an activating group) is 1. The molecule has 1 amide bonds. The SMILES string of the molecule is CCc1nc(N(C)C(=O)[C@@]2(c3cccs3)C[C@H]2CN)cs1. The fourth-order valence-electron chi connectivity index (χ4n) is 2.84. The van der Waals surface area contributed by atoms with E-state index in [9.17, 15) is 4.79 Å². The molecule has 2 aromatic rings. The van der Waals surface area contributed by atoms with Gasteiger partial charge in [-0.3, -0.25) is 9.69 Å². The summed E-state index contributed by atoms with van der Waals surface area (Å²) >= 11 is 3.24. The summed E-state index contributed by atoms with van der Waals surface area (Å²) in [5.41, 5.74) is 5.42. The van der Waals surface area contributed by atoms with Gasteiger partial charge in [-0.15, -0.1) is 22.7 Å². The van der Waals surface area contributed by atoms with Crippen molar-refractivity contribution in [1.82, 2.24) is 4.98 Å². The maximum Gasteiger partial charge on any atom is 0.239 e. The standard InChI is InChI=1S/C15H19N3OS2/c1-3-13-17-12(9-21-13)18(2)14(19)15(7-10(15)8-16)11-5-4-6-20-11/h4-6,9-10H,3,7-8,16H2,1-2H3/t10-,15-/m0/s1. The van der Waals surface area contributed by atoms with E-state index < -0.39 is 5.41 Å². The van der Waals surface area contributed by atoms with E-state index in [2.05, 4.69) is 11.9 Å². The van der Waals surface area contributed by atoms with E-state index in [1.165, 1.54) is 0 Å². The zero-order chi connectivity index (χ0) is 15.0. The maximum atomic E-state index is 13.0. The Labute approximate surface area is 132 Å². The molecule has 112 valence electrons. The lowest BCUT2D eigenvalue weighted by Crippen LogP contribution is -2.38. The Morgan fingerprint density at radius 3 is 2.90 bits per heavy atom. The summed E-state index contributed by atoms with van der Waals surface area (Å²) < 4.78 is 0. The zero-order valence-electron chi connectivity index (χ0n) is 12.2. The number of carbonyl (C=O) groups is 1. The second-order valence-electron chi connectivity index (χ2n) is 5.40. The van der Waals surface area contributed by atoms with Gasteiger partial charge in [-0.1, -0.05) is 13.0 Å². The molecule has 21 heavy (non-hydrogen) atoms. The van der Waals surface area contributed by atoms with Gasteiger partial charge in [-0.05, 0) is 36.8 Å². The number of nitrogens with zero attached hydrogens (tertiary/aromatic N) is 2. The smallest absolute Gasteiger partial charge is 0.239 e. The van der Waals surface area contributed by atoms with Crippen LogP contribution >= 0.6 is 22.7 Å². The van der Waals surface area contributed by atoms with Crippen molar-refractivity contribution in [3.05, 3.63) is 32.8 Å². The van der Waals surface area contributed by atoms with Crippen molar-refractivity contribution in [1.29, 1.82) is 0 Å². The molecule has 4 nitrogen and oxygen atoms in total. The Hall–Kier alpha value is -1.24. The summed E-state index contributed by atoms with van der Waals surface area (Å²) in [6.07, 6.45) is 1.74. The molecule has 2 aromatic heterocycles. The van der Waals surface area contributed by atoms with Crippen LogP contribution in [0.5, 0.6) is 0 Å². The Kier molecular flexibility index (Phi) is 3.86. The Morgan fingerprint density at radius 1 is 1.57 bits per heavy atom. The van der Waals surface area contributed by atoms with E-state index in [4.69, 9.17) is 5.73 Å². The van der Waals surface area contributed by atoms with Crippen LogP contribution in [0.3, 0.4) is 0 Å². The number of nitrogens with two attached hydrogens (primary N) is 1. The summed E-state index contributed by atoms with van der Waals surface area (Å²) in [6.45, 7) is 2.62. The van der Waals surface area contributed by atoms with Crippen LogP contribution in [-0.2, 0) is 16.6 Å². The molecule has 2 atom stereocenters. The van der Waals surface area contributed by atoms with E-state index in [0.717, 1.165) is 28.5 Å². The van der Waals surface area contributed by atoms with Crippen molar-refractivity contribution in [3.63, 3.8) is 0 Å². The van der Waals surface area contributed by atoms with Crippen LogP contribution in [0.2, 0.25) is 0 Å². The van der Waals surface area contributed by atoms with E-state index in [-0.39, 0.29) is 11.8 Å². The molecule has 0 radical (unpaired) electrons. The van der Waals surface area contributed by atoms with Crippen LogP contribution in [0, 0.1) is 5.92 Å². The predicted octanol–water partition coefficient (Wildman–Crippen LogP) is 2.65. The number of hydrogen-bond donors (Lipinski definition) is 1. The van der Waals surface area contributed by atoms with Crippen LogP contribution in [0.15, 0.2) is 22.9 Å². The van der Waals surface area contributed by atoms with E-state index >= 15 is 0 Å². The highest BCUT2D eigenvalue weighted by Crippen LogP contribution is 2.56. The van der Waals surface area contributed by atoms with Gasteiger partial charge in [0.2, 0.25) is 5.91 Å². The summed E-state index contributed by atoms with van der Waals surface area (Å²) in [5.74, 6) is 1.11. The van der Waals surface area contributed by atoms with E-state index in [1.807, 2.05) is 29.9 Å². The van der Waals surface area contributed by atoms with E-state index in [1.54, 1.807) is 27.6 Å². The first-order valence-electron chi connectivity index (χ1n) is 7.10. The third-order valence-corrected chi connectivity index (χ3v) is 6.25. The van der Waals surface area contributed by atoms with Gasteiger partial charge in [0.15, 0.2) is 0 Å². The Bertz CT molecular complexity index is 637. The number of anilines is 1. The van der Waals surface area contributed by atoms with Crippen molar-refractivity contribution in [2.45, 2.75) is 25.2 Å². The summed E-state index contributed by atoms with van der Waals surface area (Å²) in [4.78, 5) is 20.4. The van der Waals surface area contributed by atoms with Crippen LogP contribution in [0.4, 0.5) is 5.82 Å². The number of amides is 1. The number of thiophene rings is 1. The van der Waals surface area contributed by atoms with Crippen molar-refractivity contribution in [2.75, 3.05) is 18.5 Å². The fourth-order valence-corrected chi connectivity index (χ4v) is 4.61. The van der Waals surface area contributed by atoms with Crippen LogP contribution in [0.25, 0.3) is 0 Å². The number of rotatable bonds is 5. The lowest BCUT2D eigenvalue weighted by molar-refractivity contribution is -0.121. The van der Waals surface area contributed by atoms with Gasteiger partial charge in [-0.25, -0.2) is 4.98 Å². The minimum atomic E-state index is -0.423. The molecule has 1 aliphatic rings. The molecule has 0 spiro atoms. The maximum absolute atomic E-state index is 13.0. The summed E-state index contributed by atoms with van der Waals surface area (Å²) in [7, 11) is 1.82. The average Bonchev–Trinajstić information content (AvgIpc) is 2.92. The lowest BCUT2D eigenvalue weighted by Gasteiger charge is -2.22. The molecular weight excluding hydrogens is 302 g/mol. The molecule has 0 bridgehead atoms. The van der Waals surface area contributed by atoms with Gasteiger partial charge in [0.05, 0.1) is 10.4 Å². The third kappa shape index (κ3) is 2.31. The molecule has 0 aromatic carbocycles. The molecule has 1 fully saturated rings. The molecule has 6 heteroatoms. The minimum Gasteiger partial charge on any atom is -0.330 e. The van der Waals surface area contributed by atoms with Gasteiger partial charge in [0.1, 0.15) is 5.82 Å². The van der Waals surface area contributed by atoms with Crippen LogP contribution in [-0.4, -0.2) is 24.5 Å². The molecule has 0 saturated heterocycles. The molecule has 3 rings (SSSR count). The average molecular weight is 321 g/mol. The van der Waals surface area contributed by atoms with Crippen molar-refractivity contribution < 1.29 is 4.79 Å². The second kappa shape index (κ2) is 5.51. The van der Waals surface area contributed by atoms with Gasteiger partial charge in [0.25, 0.3) is 0 Å². The molecular formula is C15H19N3OS2. The molecule has 0 aliphatic heterocycles. The first kappa shape index (κ1) is 14.7. The number of thiazole rings is 1. The first-order chi connectivity index (χ1) is 10.1. The summed E-state index contributed by atoms with van der Waals surface area (Å²) in [5, 5.41) is 5.04. The fraction of sp³-hybridized carbons (Fsp3) is 0.467. The van der Waals surface area contributed by atoms with Crippen molar-refractivity contribution in [2.24, 2.45) is 11.7 Å². The van der Waals surface area contributed by atoms with Gasteiger partial charge < -0.3 is 5.73 Å². The van der Waals surface area contributed by atoms with Gasteiger partial charge in [0, 0.05) is 17.3 Å². The minimum absolute atomic E-state index is 0.119. The normalized spacial score (nSPS) is 24.0. The highest BCUT2D eigenvalue weighted by atomic mass is 32.1. The number of hydrogen-bond acceptors (Lipinski definition) is 5. The molecule has 2 heterocycles. The van der Waals surface area contributed by atoms with Crippen molar-refractivity contribution in [3.8, 4) is 0 Å². The second-order valence-corrected chi connectivity index (χ2v) is 7.29. The number of carbonyl (C=O) groups excluding carboxylic acids is 1. The molecule has 1 saturated carbocycles. The third-order valence-electron chi connectivity index (χ3n) is 4.22. The molecule has 1 aliphatic carbocycles. The topological polar surface area (TPSA) is 59.2 Å². The Morgan fingerprint density at radius 2 is 2.38 bits per heavy atom. The first-order valence-corrected chi connectivity index (χ1v) is 8.86. The highest BCUT2D eigenvalue weighted by Gasteiger charge is 2.62. The number of aryl methyl sites for hydroxylation is 1. The molecule has 0 unspecified atom stereocenters. The van der Waals surface area contributed by atoms with Crippen LogP contribution < -0.4 is 10.6 Å².